The van der Waals surface area contributed by atoms with Gasteiger partial charge in [0.25, 0.3) is 0 Å². The smallest absolute Gasteiger partial charge is 0.157 e. The average molecular weight is 102 g/mol. The first-order valence-electron chi connectivity index (χ1n) is 2.08. The van der Waals surface area contributed by atoms with E-state index in [-0.39, 0.29) is 6.29 Å². The molecule has 0 amide bonds. The van der Waals surface area contributed by atoms with E-state index >= 15 is 0 Å². The van der Waals surface area contributed by atoms with Crippen LogP contribution >= 0.6 is 0 Å². The van der Waals surface area contributed by atoms with Crippen LogP contribution in [-0.4, -0.2) is 20.0 Å². The van der Waals surface area contributed by atoms with E-state index in [0.717, 1.165) is 0 Å². The highest BCUT2D eigenvalue weighted by Crippen LogP contribution is 1.86. The molecule has 2 heteroatoms. The second-order valence-corrected chi connectivity index (χ2v) is 1.04. The molecule has 0 spiro atoms. The van der Waals surface area contributed by atoms with Gasteiger partial charge in [-0.3, -0.25) is 0 Å². The third kappa shape index (κ3) is 3.76. The summed E-state index contributed by atoms with van der Waals surface area (Å²) in [5.74, 6) is 0. The minimum Gasteiger partial charge on any atom is -0.356 e. The molecule has 0 aromatic heterocycles. The Kier molecular flexibility index (Phi) is 4.04. The number of rotatable bonds is 3. The van der Waals surface area contributed by atoms with E-state index in [9.17, 15) is 0 Å². The van der Waals surface area contributed by atoms with Gasteiger partial charge in [-0.2, -0.15) is 0 Å². The minimum absolute atomic E-state index is 0.363. The Morgan fingerprint density at radius 2 is 2.29 bits per heavy atom. The van der Waals surface area contributed by atoms with E-state index in [1.165, 1.54) is 7.11 Å². The summed E-state index contributed by atoms with van der Waals surface area (Å²) in [4.78, 5) is 0. The Labute approximate surface area is 44.4 Å². The van der Waals surface area contributed by atoms with Gasteiger partial charge >= 0.3 is 0 Å². The molecule has 2 radical (unpaired) electrons. The first-order valence-corrected chi connectivity index (χ1v) is 2.08. The van der Waals surface area contributed by atoms with Crippen molar-refractivity contribution < 1.29 is 9.47 Å². The maximum Gasteiger partial charge on any atom is 0.157 e. The maximum absolute atomic E-state index is 4.75. The molecule has 0 bridgehead atoms. The van der Waals surface area contributed by atoms with Gasteiger partial charge in [0, 0.05) is 20.6 Å². The zero-order valence-corrected chi connectivity index (χ0v) is 4.52. The van der Waals surface area contributed by atoms with Crippen molar-refractivity contribution in [2.24, 2.45) is 0 Å². The Morgan fingerprint density at radius 1 is 1.71 bits per heavy atom. The molecule has 0 fully saturated rings. The van der Waals surface area contributed by atoms with Crippen molar-refractivity contribution in [1.82, 2.24) is 0 Å². The summed E-state index contributed by atoms with van der Waals surface area (Å²) in [6, 6.07) is 0. The van der Waals surface area contributed by atoms with Crippen LogP contribution in [0.15, 0.2) is 0 Å². The van der Waals surface area contributed by atoms with E-state index in [0.29, 0.717) is 6.61 Å². The predicted molar refractivity (Wildman–Crippen MR) is 27.5 cm³/mol. The fourth-order valence-corrected chi connectivity index (χ4v) is 0.199. The van der Waals surface area contributed by atoms with E-state index in [4.69, 9.17) is 4.74 Å². The average Bonchev–Trinajstić information content (AvgIpc) is 1.68. The summed E-state index contributed by atoms with van der Waals surface area (Å²) < 4.78 is 9.36. The first-order chi connectivity index (χ1) is 3.31. The number of hydrogen-bond acceptors (Lipinski definition) is 2. The lowest BCUT2D eigenvalue weighted by atomic mass is 10.7. The molecule has 2 nitrogen and oxygen atoms in total. The van der Waals surface area contributed by atoms with Crippen LogP contribution in [0.25, 0.3) is 0 Å². The minimum atomic E-state index is -0.363. The number of ether oxygens (including phenoxy) is 2. The molecule has 0 N–H and O–H groups in total. The van der Waals surface area contributed by atoms with Gasteiger partial charge < -0.3 is 9.47 Å². The van der Waals surface area contributed by atoms with Crippen LogP contribution in [0.3, 0.4) is 0 Å². The van der Waals surface area contributed by atoms with E-state index in [2.05, 4.69) is 18.6 Å². The molecule has 0 aliphatic rings. The third-order valence-electron chi connectivity index (χ3n) is 0.567. The zero-order valence-electron chi connectivity index (χ0n) is 4.52. The molecule has 0 aliphatic heterocycles. The van der Waals surface area contributed by atoms with E-state index < -0.39 is 0 Å². The Hall–Kier alpha value is -0.0800. The number of hydrogen-bond donors (Lipinski definition) is 0. The normalized spacial score (nSPS) is 14.1. The van der Waals surface area contributed by atoms with Crippen LogP contribution < -0.4 is 0 Å². The molecule has 0 aliphatic carbocycles. The van der Waals surface area contributed by atoms with Crippen molar-refractivity contribution >= 4 is 0 Å². The highest BCUT2D eigenvalue weighted by Gasteiger charge is 1.92. The Bertz CT molecular complexity index is 37.1. The van der Waals surface area contributed by atoms with Crippen molar-refractivity contribution in [3.8, 4) is 0 Å². The van der Waals surface area contributed by atoms with Crippen molar-refractivity contribution in [2.75, 3.05) is 13.7 Å². The monoisotopic (exact) mass is 102 g/mol. The number of methoxy groups -OCH3 is 1. The molecular weight excluding hydrogens is 92.1 g/mol. The molecule has 7 heavy (non-hydrogen) atoms. The van der Waals surface area contributed by atoms with Gasteiger partial charge in [-0.15, -0.1) is 0 Å². The highest BCUT2D eigenvalue weighted by molar-refractivity contribution is 4.42. The lowest BCUT2D eigenvalue weighted by Crippen LogP contribution is -2.09. The van der Waals surface area contributed by atoms with Crippen LogP contribution in [0.2, 0.25) is 0 Å². The topological polar surface area (TPSA) is 18.5 Å². The van der Waals surface area contributed by atoms with Gasteiger partial charge in [0.05, 0.1) is 0 Å². The van der Waals surface area contributed by atoms with Crippen molar-refractivity contribution in [2.45, 2.75) is 6.29 Å². The molecule has 1 unspecified atom stereocenters. The van der Waals surface area contributed by atoms with Gasteiger partial charge in [0.1, 0.15) is 0 Å². The van der Waals surface area contributed by atoms with Crippen LogP contribution in [0.5, 0.6) is 0 Å². The van der Waals surface area contributed by atoms with Gasteiger partial charge in [0.15, 0.2) is 6.29 Å². The van der Waals surface area contributed by atoms with E-state index in [1.807, 2.05) is 0 Å². The highest BCUT2D eigenvalue weighted by atomic mass is 16.7. The third-order valence-corrected chi connectivity index (χ3v) is 0.567. The molecule has 0 rings (SSSR count). The lowest BCUT2D eigenvalue weighted by Gasteiger charge is -2.06. The summed E-state index contributed by atoms with van der Waals surface area (Å²) >= 11 is 0. The first kappa shape index (κ1) is 6.92. The SMILES string of the molecule is [CH2]COC([CH2])OC. The molecule has 0 saturated carbocycles. The predicted octanol–water partition coefficient (Wildman–Crippen LogP) is 0.644. The maximum atomic E-state index is 4.75. The summed E-state index contributed by atoms with van der Waals surface area (Å²) in [7, 11) is 1.54. The van der Waals surface area contributed by atoms with Crippen molar-refractivity contribution in [1.29, 1.82) is 0 Å². The molecule has 42 valence electrons. The fourth-order valence-electron chi connectivity index (χ4n) is 0.199. The second kappa shape index (κ2) is 4.09. The zero-order chi connectivity index (χ0) is 5.70. The Balaban J connectivity index is 2.83. The van der Waals surface area contributed by atoms with Gasteiger partial charge in [-0.05, 0) is 6.92 Å². The quantitative estimate of drug-likeness (QED) is 0.487. The summed E-state index contributed by atoms with van der Waals surface area (Å²) in [5.41, 5.74) is 0. The summed E-state index contributed by atoms with van der Waals surface area (Å²) in [5, 5.41) is 0. The van der Waals surface area contributed by atoms with E-state index in [1.54, 1.807) is 0 Å². The van der Waals surface area contributed by atoms with Crippen LogP contribution in [-0.2, 0) is 9.47 Å². The Morgan fingerprint density at radius 3 is 2.43 bits per heavy atom. The summed E-state index contributed by atoms with van der Waals surface area (Å²) in [6.07, 6.45) is -0.363. The van der Waals surface area contributed by atoms with Gasteiger partial charge in [-0.25, -0.2) is 0 Å². The molecule has 0 saturated heterocycles. The van der Waals surface area contributed by atoms with Crippen LogP contribution in [0.4, 0.5) is 0 Å². The molecule has 1 atom stereocenters. The molecule has 0 aromatic rings. The molecule has 0 aromatic carbocycles. The van der Waals surface area contributed by atoms with Crippen molar-refractivity contribution in [3.05, 3.63) is 13.8 Å². The largest absolute Gasteiger partial charge is 0.356 e. The van der Waals surface area contributed by atoms with Crippen molar-refractivity contribution in [3.63, 3.8) is 0 Å². The molecule has 0 heterocycles. The standard InChI is InChI=1S/C5H10O2/c1-4-7-5(2)6-3/h5H,1-2,4H2,3H3. The molecular formula is C5H10O2. The van der Waals surface area contributed by atoms with Crippen LogP contribution in [0.1, 0.15) is 0 Å². The lowest BCUT2D eigenvalue weighted by molar-refractivity contribution is -0.0833. The van der Waals surface area contributed by atoms with Gasteiger partial charge in [-0.1, -0.05) is 0 Å². The van der Waals surface area contributed by atoms with Crippen LogP contribution in [0, 0.1) is 13.8 Å². The second-order valence-electron chi connectivity index (χ2n) is 1.04. The van der Waals surface area contributed by atoms with Gasteiger partial charge in [0.2, 0.25) is 0 Å². The fraction of sp³-hybridized carbons (Fsp3) is 0.600. The summed E-state index contributed by atoms with van der Waals surface area (Å²) in [6.45, 7) is 7.30.